The van der Waals surface area contributed by atoms with Gasteiger partial charge in [-0.1, -0.05) is 68.7 Å². The molecule has 0 aromatic heterocycles. The first-order valence-electron chi connectivity index (χ1n) is 6.38. The molecule has 0 aliphatic heterocycles. The Balaban J connectivity index is 0. The zero-order valence-corrected chi connectivity index (χ0v) is 12.2. The Labute approximate surface area is 124 Å². The Morgan fingerprint density at radius 1 is 0.882 bits per heavy atom. The van der Waals surface area contributed by atoms with Crippen LogP contribution in [0.5, 0.6) is 0 Å². The molecule has 0 bridgehead atoms. The van der Waals surface area contributed by atoms with E-state index in [0.29, 0.717) is 0 Å². The maximum Gasteiger partial charge on any atom is 2.00 e. The van der Waals surface area contributed by atoms with Gasteiger partial charge >= 0.3 is 23.1 Å². The molecule has 0 saturated heterocycles. The zero-order valence-electron chi connectivity index (χ0n) is 12.8. The number of unbranched alkanes of at least 4 members (excludes halogenated alkanes) is 3. The molecule has 0 aliphatic carbocycles. The van der Waals surface area contributed by atoms with Gasteiger partial charge in [0, 0.05) is 0 Å². The zero-order chi connectivity index (χ0) is 11.2. The minimum atomic E-state index is 0. The van der Waals surface area contributed by atoms with Crippen LogP contribution in [-0.2, 0) is 6.42 Å². The van der Waals surface area contributed by atoms with E-state index in [0.717, 1.165) is 0 Å². The summed E-state index contributed by atoms with van der Waals surface area (Å²) in [5.41, 5.74) is 1.48. The molecule has 0 spiro atoms. The van der Waals surface area contributed by atoms with Crippen molar-refractivity contribution in [1.29, 1.82) is 0 Å². The molecule has 0 fully saturated rings. The number of benzene rings is 2. The number of rotatable bonds is 5. The largest absolute Gasteiger partial charge is 2.00 e. The van der Waals surface area contributed by atoms with Gasteiger partial charge < -0.3 is 2.85 Å². The van der Waals surface area contributed by atoms with Gasteiger partial charge in [0.25, 0.3) is 0 Å². The number of aryl methyl sites for hydroxylation is 1. The number of hydrogen-bond acceptors (Lipinski definition) is 0. The second kappa shape index (κ2) is 7.73. The van der Waals surface area contributed by atoms with Gasteiger partial charge in [-0.05, 0) is 29.2 Å². The maximum absolute atomic E-state index is 2.33. The summed E-state index contributed by atoms with van der Waals surface area (Å²) in [4.78, 5) is 0. The van der Waals surface area contributed by atoms with Gasteiger partial charge in [-0.2, -0.15) is 0 Å². The van der Waals surface area contributed by atoms with Crippen molar-refractivity contribution in [3.8, 4) is 0 Å². The minimum Gasteiger partial charge on any atom is -1.00 e. The smallest absolute Gasteiger partial charge is 1.00 e. The summed E-state index contributed by atoms with van der Waals surface area (Å²) in [7, 11) is 0. The van der Waals surface area contributed by atoms with Crippen molar-refractivity contribution in [2.24, 2.45) is 0 Å². The van der Waals surface area contributed by atoms with E-state index in [1.807, 2.05) is 0 Å². The summed E-state index contributed by atoms with van der Waals surface area (Å²) in [6.07, 6.45) is 6.60. The van der Waals surface area contributed by atoms with Crippen LogP contribution in [0.1, 0.15) is 41.0 Å². The van der Waals surface area contributed by atoms with Gasteiger partial charge in [0.05, 0.1) is 0 Å². The van der Waals surface area contributed by atoms with E-state index in [4.69, 9.17) is 0 Å². The molecule has 0 aliphatic rings. The van der Waals surface area contributed by atoms with Crippen LogP contribution in [0.2, 0.25) is 0 Å². The van der Waals surface area contributed by atoms with Crippen molar-refractivity contribution >= 4 is 33.8 Å². The fourth-order valence-corrected chi connectivity index (χ4v) is 2.15. The normalized spacial score (nSPS) is 10.2. The van der Waals surface area contributed by atoms with Gasteiger partial charge in [-0.3, -0.25) is 0 Å². The topological polar surface area (TPSA) is 0 Å². The van der Waals surface area contributed by atoms with E-state index < -0.39 is 0 Å². The molecule has 0 amide bonds. The third kappa shape index (κ3) is 4.32. The van der Waals surface area contributed by atoms with Crippen LogP contribution in [0.3, 0.4) is 0 Å². The van der Waals surface area contributed by atoms with E-state index in [1.54, 1.807) is 0 Å². The molecule has 0 heterocycles. The van der Waals surface area contributed by atoms with Crippen molar-refractivity contribution in [1.82, 2.24) is 0 Å². The Morgan fingerprint density at radius 2 is 1.65 bits per heavy atom. The maximum atomic E-state index is 2.33. The predicted octanol–water partition coefficient (Wildman–Crippen LogP) is 4.81. The van der Waals surface area contributed by atoms with Crippen LogP contribution in [0.25, 0.3) is 10.8 Å². The molecule has 88 valence electrons. The molecule has 0 unspecified atom stereocenters. The number of fused-ring (bicyclic) bond motifs is 1. The predicted molar refractivity (Wildman–Crippen MR) is 79.8 cm³/mol. The van der Waals surface area contributed by atoms with Gasteiger partial charge in [0.2, 0.25) is 0 Å². The van der Waals surface area contributed by atoms with Crippen molar-refractivity contribution in [3.05, 3.63) is 48.0 Å². The Kier molecular flexibility index (Phi) is 6.60. The second-order valence-corrected chi connectivity index (χ2v) is 4.49. The first-order valence-corrected chi connectivity index (χ1v) is 6.38. The first-order chi connectivity index (χ1) is 7.90. The second-order valence-electron chi connectivity index (χ2n) is 4.49. The Morgan fingerprint density at radius 3 is 2.41 bits per heavy atom. The van der Waals surface area contributed by atoms with Crippen LogP contribution in [0.15, 0.2) is 42.5 Å². The molecule has 2 aromatic rings. The minimum absolute atomic E-state index is 0. The molecule has 17 heavy (non-hydrogen) atoms. The summed E-state index contributed by atoms with van der Waals surface area (Å²) in [6, 6.07) is 15.4. The molecule has 0 saturated carbocycles. The third-order valence-corrected chi connectivity index (χ3v) is 3.13. The van der Waals surface area contributed by atoms with Crippen LogP contribution >= 0.6 is 0 Å². The van der Waals surface area contributed by atoms with Gasteiger partial charge in [0.15, 0.2) is 0 Å². The van der Waals surface area contributed by atoms with E-state index in [2.05, 4.69) is 49.4 Å². The molecule has 0 nitrogen and oxygen atoms in total. The third-order valence-electron chi connectivity index (χ3n) is 3.13. The average molecular weight is 239 g/mol. The fourth-order valence-electron chi connectivity index (χ4n) is 2.15. The average Bonchev–Trinajstić information content (AvgIpc) is 2.34. The van der Waals surface area contributed by atoms with Crippen LogP contribution in [0.4, 0.5) is 0 Å². The first kappa shape index (κ1) is 14.5. The molecule has 0 radical (unpaired) electrons. The Hall–Kier alpha value is -0.534. The molecule has 0 atom stereocenters. The summed E-state index contributed by atoms with van der Waals surface area (Å²) in [5, 5.41) is 2.72. The SMILES string of the molecule is CCCCCCc1ccc2ccccc2c1.[H-].[H-].[Mg+2]. The van der Waals surface area contributed by atoms with Gasteiger partial charge in [-0.25, -0.2) is 0 Å². The summed E-state index contributed by atoms with van der Waals surface area (Å²) >= 11 is 0. The van der Waals surface area contributed by atoms with Crippen LogP contribution < -0.4 is 0 Å². The molecular formula is C16H22Mg. The standard InChI is InChI=1S/C16H20.Mg.2H/c1-2-3-4-5-8-14-11-12-15-9-6-7-10-16(15)13-14;;;/h6-7,9-13H,2-5,8H2,1H3;;;/q;+2;2*-1. The van der Waals surface area contributed by atoms with Crippen LogP contribution in [-0.4, -0.2) is 23.1 Å². The fraction of sp³-hybridized carbons (Fsp3) is 0.375. The molecule has 1 heteroatoms. The summed E-state index contributed by atoms with van der Waals surface area (Å²) in [6.45, 7) is 2.26. The van der Waals surface area contributed by atoms with E-state index in [1.165, 1.54) is 48.4 Å². The van der Waals surface area contributed by atoms with Crippen molar-refractivity contribution in [2.75, 3.05) is 0 Å². The quantitative estimate of drug-likeness (QED) is 0.518. The molecule has 2 rings (SSSR count). The van der Waals surface area contributed by atoms with Crippen LogP contribution in [0, 0.1) is 0 Å². The van der Waals surface area contributed by atoms with E-state index >= 15 is 0 Å². The summed E-state index contributed by atoms with van der Waals surface area (Å²) in [5.74, 6) is 0. The van der Waals surface area contributed by atoms with Gasteiger partial charge in [0.1, 0.15) is 0 Å². The molecular weight excluding hydrogens is 216 g/mol. The van der Waals surface area contributed by atoms with E-state index in [9.17, 15) is 0 Å². The van der Waals surface area contributed by atoms with Crippen molar-refractivity contribution in [3.63, 3.8) is 0 Å². The number of hydrogen-bond donors (Lipinski definition) is 0. The van der Waals surface area contributed by atoms with Gasteiger partial charge in [-0.15, -0.1) is 0 Å². The van der Waals surface area contributed by atoms with Crippen molar-refractivity contribution < 1.29 is 2.85 Å². The molecule has 0 N–H and O–H groups in total. The Bertz CT molecular complexity index is 457. The summed E-state index contributed by atoms with van der Waals surface area (Å²) < 4.78 is 0. The molecule has 2 aromatic carbocycles. The van der Waals surface area contributed by atoms with Crippen molar-refractivity contribution in [2.45, 2.75) is 39.0 Å². The van der Waals surface area contributed by atoms with E-state index in [-0.39, 0.29) is 25.9 Å². The monoisotopic (exact) mass is 238 g/mol.